The van der Waals surface area contributed by atoms with Crippen molar-refractivity contribution in [3.05, 3.63) is 65.7 Å². The number of nitrogens with zero attached hydrogens (tertiary/aromatic N) is 1. The Labute approximate surface area is 178 Å². The summed E-state index contributed by atoms with van der Waals surface area (Å²) in [5.74, 6) is 0.951. The third kappa shape index (κ3) is 4.69. The van der Waals surface area contributed by atoms with Crippen molar-refractivity contribution in [2.24, 2.45) is 5.41 Å². The molecule has 1 heterocycles. The van der Waals surface area contributed by atoms with Gasteiger partial charge >= 0.3 is 0 Å². The molecule has 0 aliphatic carbocycles. The molecule has 29 heavy (non-hydrogen) atoms. The summed E-state index contributed by atoms with van der Waals surface area (Å²) in [6.07, 6.45) is 7.91. The third-order valence-electron chi connectivity index (χ3n) is 6.98. The number of likely N-dealkylation sites (tertiary alicyclic amines) is 1. The molecule has 3 rings (SSSR count). The smallest absolute Gasteiger partial charge is 0.119 e. The van der Waals surface area contributed by atoms with Gasteiger partial charge in [-0.2, -0.15) is 0 Å². The Morgan fingerprint density at radius 1 is 0.897 bits per heavy atom. The van der Waals surface area contributed by atoms with Crippen molar-refractivity contribution in [1.82, 2.24) is 4.90 Å². The van der Waals surface area contributed by atoms with Crippen LogP contribution in [-0.4, -0.2) is 31.6 Å². The van der Waals surface area contributed by atoms with E-state index in [1.165, 1.54) is 49.8 Å². The zero-order valence-corrected chi connectivity index (χ0v) is 18.9. The first-order chi connectivity index (χ1) is 14.0. The number of benzene rings is 2. The summed E-state index contributed by atoms with van der Waals surface area (Å²) in [5, 5.41) is 0. The van der Waals surface area contributed by atoms with Crippen molar-refractivity contribution in [2.75, 3.05) is 26.7 Å². The highest BCUT2D eigenvalue weighted by Gasteiger charge is 2.50. The first-order valence-corrected chi connectivity index (χ1v) is 11.5. The lowest BCUT2D eigenvalue weighted by molar-refractivity contribution is 0.0476. The molecule has 1 aliphatic rings. The molecule has 1 fully saturated rings. The number of ether oxygens (including phenoxy) is 1. The number of piperidine rings is 1. The topological polar surface area (TPSA) is 12.5 Å². The van der Waals surface area contributed by atoms with Crippen LogP contribution < -0.4 is 4.74 Å². The van der Waals surface area contributed by atoms with E-state index in [2.05, 4.69) is 80.3 Å². The normalized spacial score (nSPS) is 21.8. The van der Waals surface area contributed by atoms with Gasteiger partial charge in [0.1, 0.15) is 5.75 Å². The molecule has 1 atom stereocenters. The third-order valence-corrected chi connectivity index (χ3v) is 6.98. The number of rotatable bonds is 9. The van der Waals surface area contributed by atoms with Gasteiger partial charge in [0.2, 0.25) is 0 Å². The minimum Gasteiger partial charge on any atom is -0.497 e. The van der Waals surface area contributed by atoms with Crippen molar-refractivity contribution in [1.29, 1.82) is 0 Å². The number of unbranched alkanes of at least 4 members (excludes halogenated alkanes) is 4. The molecule has 158 valence electrons. The molecule has 0 bridgehead atoms. The summed E-state index contributed by atoms with van der Waals surface area (Å²) in [4.78, 5) is 2.70. The average molecular weight is 394 g/mol. The first kappa shape index (κ1) is 21.9. The Morgan fingerprint density at radius 2 is 1.62 bits per heavy atom. The molecule has 2 aromatic carbocycles. The Kier molecular flexibility index (Phi) is 7.40. The van der Waals surface area contributed by atoms with Crippen LogP contribution in [0.15, 0.2) is 54.6 Å². The number of hydrogen-bond acceptors (Lipinski definition) is 2. The maximum Gasteiger partial charge on any atom is 0.119 e. The van der Waals surface area contributed by atoms with Crippen molar-refractivity contribution in [3.63, 3.8) is 0 Å². The standard InChI is InChI=1S/C27H39NO/c1-5-6-7-8-12-19-28-20-18-27(26(2,3)22-28,23-14-10-9-11-15-23)24-16-13-17-25(21-24)29-4/h9-11,13-17,21H,5-8,12,18-20,22H2,1-4H3. The Balaban J connectivity index is 1.87. The van der Waals surface area contributed by atoms with Crippen LogP contribution in [0.1, 0.15) is 70.4 Å². The largest absolute Gasteiger partial charge is 0.497 e. The highest BCUT2D eigenvalue weighted by atomic mass is 16.5. The average Bonchev–Trinajstić information content (AvgIpc) is 2.74. The molecule has 2 aromatic rings. The van der Waals surface area contributed by atoms with Crippen LogP contribution in [-0.2, 0) is 5.41 Å². The molecule has 0 aromatic heterocycles. The molecule has 1 saturated heterocycles. The summed E-state index contributed by atoms with van der Waals surface area (Å²) < 4.78 is 5.59. The molecule has 1 unspecified atom stereocenters. The fourth-order valence-electron chi connectivity index (χ4n) is 5.42. The van der Waals surface area contributed by atoms with Crippen LogP contribution in [0.5, 0.6) is 5.75 Å². The molecule has 2 heteroatoms. The molecular formula is C27H39NO. The van der Waals surface area contributed by atoms with Gasteiger partial charge in [0, 0.05) is 12.0 Å². The fraction of sp³-hybridized carbons (Fsp3) is 0.556. The van der Waals surface area contributed by atoms with Crippen LogP contribution >= 0.6 is 0 Å². The summed E-state index contributed by atoms with van der Waals surface area (Å²) in [6, 6.07) is 19.9. The van der Waals surface area contributed by atoms with Crippen LogP contribution in [0.25, 0.3) is 0 Å². The molecule has 0 amide bonds. The molecule has 0 radical (unpaired) electrons. The summed E-state index contributed by atoms with van der Waals surface area (Å²) in [5.41, 5.74) is 2.95. The van der Waals surface area contributed by atoms with E-state index in [9.17, 15) is 0 Å². The van der Waals surface area contributed by atoms with Crippen molar-refractivity contribution in [3.8, 4) is 5.75 Å². The predicted octanol–water partition coefficient (Wildman–Crippen LogP) is 6.68. The lowest BCUT2D eigenvalue weighted by Gasteiger charge is -2.54. The van der Waals surface area contributed by atoms with Gasteiger partial charge in [-0.3, -0.25) is 0 Å². The van der Waals surface area contributed by atoms with Gasteiger partial charge in [-0.05, 0) is 54.6 Å². The Hall–Kier alpha value is -1.80. The zero-order chi connectivity index (χ0) is 20.7. The lowest BCUT2D eigenvalue weighted by Crippen LogP contribution is -2.56. The minimum atomic E-state index is 0.00150. The maximum absolute atomic E-state index is 5.59. The van der Waals surface area contributed by atoms with E-state index in [1.54, 1.807) is 7.11 Å². The summed E-state index contributed by atoms with van der Waals surface area (Å²) >= 11 is 0. The Morgan fingerprint density at radius 3 is 2.31 bits per heavy atom. The van der Waals surface area contributed by atoms with E-state index < -0.39 is 0 Å². The SMILES string of the molecule is CCCCCCCN1CCC(c2ccccc2)(c2cccc(OC)c2)C(C)(C)C1. The van der Waals surface area contributed by atoms with Gasteiger partial charge in [-0.15, -0.1) is 0 Å². The fourth-order valence-corrected chi connectivity index (χ4v) is 5.42. The zero-order valence-electron chi connectivity index (χ0n) is 18.9. The second kappa shape index (κ2) is 9.80. The van der Waals surface area contributed by atoms with Gasteiger partial charge in [-0.25, -0.2) is 0 Å². The monoisotopic (exact) mass is 393 g/mol. The van der Waals surface area contributed by atoms with E-state index in [0.717, 1.165) is 25.3 Å². The molecule has 0 saturated carbocycles. The van der Waals surface area contributed by atoms with E-state index >= 15 is 0 Å². The first-order valence-electron chi connectivity index (χ1n) is 11.5. The van der Waals surface area contributed by atoms with Gasteiger partial charge in [0.05, 0.1) is 7.11 Å². The summed E-state index contributed by atoms with van der Waals surface area (Å²) in [7, 11) is 1.76. The quantitative estimate of drug-likeness (QED) is 0.440. The minimum absolute atomic E-state index is 0.00150. The van der Waals surface area contributed by atoms with Gasteiger partial charge < -0.3 is 9.64 Å². The van der Waals surface area contributed by atoms with E-state index in [0.29, 0.717) is 0 Å². The molecular weight excluding hydrogens is 354 g/mol. The van der Waals surface area contributed by atoms with Crippen molar-refractivity contribution >= 4 is 0 Å². The van der Waals surface area contributed by atoms with Crippen LogP contribution in [0.4, 0.5) is 0 Å². The second-order valence-electron chi connectivity index (χ2n) is 9.33. The van der Waals surface area contributed by atoms with Crippen LogP contribution in [0.2, 0.25) is 0 Å². The van der Waals surface area contributed by atoms with Crippen LogP contribution in [0, 0.1) is 5.41 Å². The molecule has 0 N–H and O–H groups in total. The lowest BCUT2D eigenvalue weighted by atomic mass is 9.55. The highest BCUT2D eigenvalue weighted by molar-refractivity contribution is 5.45. The molecule has 2 nitrogen and oxygen atoms in total. The van der Waals surface area contributed by atoms with Gasteiger partial charge in [0.15, 0.2) is 0 Å². The van der Waals surface area contributed by atoms with E-state index in [-0.39, 0.29) is 10.8 Å². The maximum atomic E-state index is 5.59. The van der Waals surface area contributed by atoms with E-state index in [1.807, 2.05) is 0 Å². The molecule has 1 aliphatic heterocycles. The van der Waals surface area contributed by atoms with E-state index in [4.69, 9.17) is 4.74 Å². The van der Waals surface area contributed by atoms with Crippen molar-refractivity contribution in [2.45, 2.75) is 64.7 Å². The van der Waals surface area contributed by atoms with Gasteiger partial charge in [-0.1, -0.05) is 88.9 Å². The van der Waals surface area contributed by atoms with Gasteiger partial charge in [0.25, 0.3) is 0 Å². The number of hydrogen-bond donors (Lipinski definition) is 0. The second-order valence-corrected chi connectivity index (χ2v) is 9.33. The summed E-state index contributed by atoms with van der Waals surface area (Å²) in [6.45, 7) is 10.7. The molecule has 0 spiro atoms. The van der Waals surface area contributed by atoms with Crippen LogP contribution in [0.3, 0.4) is 0 Å². The number of methoxy groups -OCH3 is 1. The predicted molar refractivity (Wildman–Crippen MR) is 124 cm³/mol. The highest BCUT2D eigenvalue weighted by Crippen LogP contribution is 2.52. The Bertz CT molecular complexity index is 754. The van der Waals surface area contributed by atoms with Crippen molar-refractivity contribution < 1.29 is 4.74 Å².